The molecule has 2 aromatic rings. The molecule has 0 bridgehead atoms. The molecule has 4 nitrogen and oxygen atoms in total. The lowest BCUT2D eigenvalue weighted by Gasteiger charge is -2.30. The summed E-state index contributed by atoms with van der Waals surface area (Å²) in [6, 6.07) is 8.62. The maximum absolute atomic E-state index is 4.92. The van der Waals surface area contributed by atoms with Crippen LogP contribution in [-0.4, -0.2) is 16.7 Å². The molecule has 0 spiro atoms. The van der Waals surface area contributed by atoms with Crippen molar-refractivity contribution in [2.45, 2.75) is 25.8 Å². The van der Waals surface area contributed by atoms with E-state index >= 15 is 0 Å². The number of aryl methyl sites for hydroxylation is 1. The number of nitrogens with one attached hydrogen (secondary N) is 1. The Kier molecular flexibility index (Phi) is 2.65. The molecule has 0 amide bonds. The predicted octanol–water partition coefficient (Wildman–Crippen LogP) is 1.81. The van der Waals surface area contributed by atoms with E-state index < -0.39 is 0 Å². The van der Waals surface area contributed by atoms with Gasteiger partial charge in [0.1, 0.15) is 0 Å². The van der Waals surface area contributed by atoms with Crippen molar-refractivity contribution in [1.82, 2.24) is 15.5 Å². The van der Waals surface area contributed by atoms with Crippen molar-refractivity contribution in [3.05, 3.63) is 47.1 Å². The Balaban J connectivity index is 1.51. The Morgan fingerprint density at radius 1 is 1.41 bits per heavy atom. The molecule has 3 rings (SSSR count). The van der Waals surface area contributed by atoms with Gasteiger partial charge >= 0.3 is 0 Å². The SMILES string of the molecule is Cc1nc(CNCC2Cc3ccccc32)no1. The second kappa shape index (κ2) is 4.30. The topological polar surface area (TPSA) is 51.0 Å². The number of hydrogen-bond donors (Lipinski definition) is 1. The molecule has 1 heterocycles. The minimum atomic E-state index is 0.621. The average Bonchev–Trinajstić information content (AvgIpc) is 2.71. The summed E-state index contributed by atoms with van der Waals surface area (Å²) < 4.78 is 4.92. The summed E-state index contributed by atoms with van der Waals surface area (Å²) >= 11 is 0. The number of benzene rings is 1. The fraction of sp³-hybridized carbons (Fsp3) is 0.385. The van der Waals surface area contributed by atoms with Crippen molar-refractivity contribution in [3.63, 3.8) is 0 Å². The monoisotopic (exact) mass is 229 g/mol. The number of rotatable bonds is 4. The van der Waals surface area contributed by atoms with E-state index in [0.717, 1.165) is 12.4 Å². The van der Waals surface area contributed by atoms with Gasteiger partial charge in [-0.15, -0.1) is 0 Å². The third kappa shape index (κ3) is 2.08. The van der Waals surface area contributed by atoms with Crippen LogP contribution in [-0.2, 0) is 13.0 Å². The molecule has 1 aromatic carbocycles. The quantitative estimate of drug-likeness (QED) is 0.868. The molecule has 0 saturated carbocycles. The van der Waals surface area contributed by atoms with E-state index in [4.69, 9.17) is 4.52 Å². The van der Waals surface area contributed by atoms with Gasteiger partial charge in [-0.3, -0.25) is 0 Å². The van der Waals surface area contributed by atoms with E-state index in [2.05, 4.69) is 39.7 Å². The highest BCUT2D eigenvalue weighted by atomic mass is 16.5. The number of nitrogens with zero attached hydrogens (tertiary/aromatic N) is 2. The smallest absolute Gasteiger partial charge is 0.223 e. The predicted molar refractivity (Wildman–Crippen MR) is 63.6 cm³/mol. The first-order chi connectivity index (χ1) is 8.33. The minimum absolute atomic E-state index is 0.621. The molecule has 0 radical (unpaired) electrons. The lowest BCUT2D eigenvalue weighted by atomic mass is 9.78. The molecule has 4 heteroatoms. The minimum Gasteiger partial charge on any atom is -0.340 e. The number of fused-ring (bicyclic) bond motifs is 1. The summed E-state index contributed by atoms with van der Waals surface area (Å²) in [6.45, 7) is 3.46. The van der Waals surface area contributed by atoms with Crippen LogP contribution in [0, 0.1) is 6.92 Å². The zero-order chi connectivity index (χ0) is 11.7. The normalized spacial score (nSPS) is 17.6. The summed E-state index contributed by atoms with van der Waals surface area (Å²) in [6.07, 6.45) is 1.18. The van der Waals surface area contributed by atoms with Gasteiger partial charge in [-0.2, -0.15) is 4.98 Å². The van der Waals surface area contributed by atoms with Crippen molar-refractivity contribution in [3.8, 4) is 0 Å². The molecular formula is C13H15N3O. The second-order valence-corrected chi connectivity index (χ2v) is 4.46. The fourth-order valence-electron chi connectivity index (χ4n) is 2.32. The van der Waals surface area contributed by atoms with Crippen LogP contribution in [0.4, 0.5) is 0 Å². The third-order valence-electron chi connectivity index (χ3n) is 3.20. The summed E-state index contributed by atoms with van der Waals surface area (Å²) in [5, 5.41) is 7.23. The lowest BCUT2D eigenvalue weighted by molar-refractivity contribution is 0.384. The van der Waals surface area contributed by atoms with Crippen molar-refractivity contribution >= 4 is 0 Å². The first kappa shape index (κ1) is 10.5. The van der Waals surface area contributed by atoms with E-state index in [9.17, 15) is 0 Å². The van der Waals surface area contributed by atoms with Crippen LogP contribution >= 0.6 is 0 Å². The van der Waals surface area contributed by atoms with E-state index in [1.54, 1.807) is 6.92 Å². The Bertz CT molecular complexity index is 521. The lowest BCUT2D eigenvalue weighted by Crippen LogP contribution is -2.29. The van der Waals surface area contributed by atoms with Gasteiger partial charge < -0.3 is 9.84 Å². The molecule has 1 unspecified atom stereocenters. The summed E-state index contributed by atoms with van der Waals surface area (Å²) in [5.74, 6) is 1.99. The molecule has 0 fully saturated rings. The fourth-order valence-corrected chi connectivity index (χ4v) is 2.32. The maximum Gasteiger partial charge on any atom is 0.223 e. The zero-order valence-electron chi connectivity index (χ0n) is 9.81. The van der Waals surface area contributed by atoms with Crippen LogP contribution in [0.15, 0.2) is 28.8 Å². The van der Waals surface area contributed by atoms with Crippen LogP contribution in [0.25, 0.3) is 0 Å². The van der Waals surface area contributed by atoms with E-state index in [1.165, 1.54) is 17.5 Å². The summed E-state index contributed by atoms with van der Waals surface area (Å²) in [4.78, 5) is 4.16. The first-order valence-electron chi connectivity index (χ1n) is 5.90. The van der Waals surface area contributed by atoms with Crippen molar-refractivity contribution < 1.29 is 4.52 Å². The molecule has 0 aliphatic heterocycles. The maximum atomic E-state index is 4.92. The molecule has 1 aliphatic rings. The molecule has 1 N–H and O–H groups in total. The van der Waals surface area contributed by atoms with Gasteiger partial charge in [-0.1, -0.05) is 29.4 Å². The van der Waals surface area contributed by atoms with Gasteiger partial charge in [0, 0.05) is 19.4 Å². The molecular weight excluding hydrogens is 214 g/mol. The molecule has 88 valence electrons. The highest BCUT2D eigenvalue weighted by Crippen LogP contribution is 2.33. The van der Waals surface area contributed by atoms with Crippen LogP contribution in [0.2, 0.25) is 0 Å². The third-order valence-corrected chi connectivity index (χ3v) is 3.20. The number of hydrogen-bond acceptors (Lipinski definition) is 4. The Morgan fingerprint density at radius 3 is 3.06 bits per heavy atom. The highest BCUT2D eigenvalue weighted by Gasteiger charge is 2.24. The Labute approximate surface area is 100 Å². The van der Waals surface area contributed by atoms with Crippen LogP contribution in [0.1, 0.15) is 28.8 Å². The van der Waals surface area contributed by atoms with Crippen molar-refractivity contribution in [2.75, 3.05) is 6.54 Å². The van der Waals surface area contributed by atoms with Crippen molar-refractivity contribution in [1.29, 1.82) is 0 Å². The van der Waals surface area contributed by atoms with Gasteiger partial charge in [0.15, 0.2) is 5.82 Å². The van der Waals surface area contributed by atoms with E-state index in [0.29, 0.717) is 18.4 Å². The second-order valence-electron chi connectivity index (χ2n) is 4.46. The highest BCUT2D eigenvalue weighted by molar-refractivity contribution is 5.40. The molecule has 1 atom stereocenters. The largest absolute Gasteiger partial charge is 0.340 e. The number of aromatic nitrogens is 2. The molecule has 17 heavy (non-hydrogen) atoms. The van der Waals surface area contributed by atoms with Gasteiger partial charge in [0.05, 0.1) is 6.54 Å². The Morgan fingerprint density at radius 2 is 2.29 bits per heavy atom. The molecule has 1 aliphatic carbocycles. The van der Waals surface area contributed by atoms with E-state index in [1.807, 2.05) is 0 Å². The molecule has 0 saturated heterocycles. The van der Waals surface area contributed by atoms with Gasteiger partial charge in [-0.05, 0) is 17.5 Å². The Hall–Kier alpha value is -1.68. The van der Waals surface area contributed by atoms with Gasteiger partial charge in [-0.25, -0.2) is 0 Å². The van der Waals surface area contributed by atoms with Gasteiger partial charge in [0.2, 0.25) is 5.89 Å². The summed E-state index contributed by atoms with van der Waals surface area (Å²) in [5.41, 5.74) is 2.96. The molecule has 1 aromatic heterocycles. The zero-order valence-corrected chi connectivity index (χ0v) is 9.81. The average molecular weight is 229 g/mol. The van der Waals surface area contributed by atoms with Crippen LogP contribution in [0.3, 0.4) is 0 Å². The van der Waals surface area contributed by atoms with Crippen LogP contribution in [0.5, 0.6) is 0 Å². The van der Waals surface area contributed by atoms with Crippen LogP contribution < -0.4 is 5.32 Å². The van der Waals surface area contributed by atoms with E-state index in [-0.39, 0.29) is 0 Å². The van der Waals surface area contributed by atoms with Gasteiger partial charge in [0.25, 0.3) is 0 Å². The summed E-state index contributed by atoms with van der Waals surface area (Å²) in [7, 11) is 0. The van der Waals surface area contributed by atoms with Crippen molar-refractivity contribution in [2.24, 2.45) is 0 Å². The first-order valence-corrected chi connectivity index (χ1v) is 5.90. The standard InChI is InChI=1S/C13H15N3O/c1-9-15-13(16-17-9)8-14-7-11-6-10-4-2-3-5-12(10)11/h2-5,11,14H,6-8H2,1H3.